The Balaban J connectivity index is 2.98. The lowest BCUT2D eigenvalue weighted by atomic mass is 10.1. The van der Waals surface area contributed by atoms with Crippen molar-refractivity contribution >= 4 is 44.0 Å². The van der Waals surface area contributed by atoms with Gasteiger partial charge in [0.2, 0.25) is 0 Å². The largest absolute Gasteiger partial charge is 0.192 e. The van der Waals surface area contributed by atoms with E-state index in [4.69, 9.17) is 10.5 Å². The van der Waals surface area contributed by atoms with Gasteiger partial charge in [-0.1, -0.05) is 0 Å². The average Bonchev–Trinajstić information content (AvgIpc) is 2.64. The fraction of sp³-hybridized carbons (Fsp3) is 0. The SMILES string of the molecule is N#Cc1cc2sccc2c(C#N)c1I. The molecular formula is C10H3IN2S. The lowest BCUT2D eigenvalue weighted by molar-refractivity contribution is 1.45. The van der Waals surface area contributed by atoms with Crippen LogP contribution in [-0.4, -0.2) is 0 Å². The third kappa shape index (κ3) is 1.28. The lowest BCUT2D eigenvalue weighted by Crippen LogP contribution is -1.87. The van der Waals surface area contributed by atoms with Gasteiger partial charge < -0.3 is 0 Å². The number of halogens is 1. The first-order chi connectivity index (χ1) is 6.77. The summed E-state index contributed by atoms with van der Waals surface area (Å²) in [7, 11) is 0. The smallest absolute Gasteiger partial charge is 0.101 e. The molecule has 0 unspecified atom stereocenters. The molecule has 2 rings (SSSR count). The van der Waals surface area contributed by atoms with Gasteiger partial charge in [0.15, 0.2) is 0 Å². The van der Waals surface area contributed by atoms with Crippen molar-refractivity contribution in [3.05, 3.63) is 32.2 Å². The molecule has 4 heteroatoms. The Bertz CT molecular complexity index is 586. The second-order valence-corrected chi connectivity index (χ2v) is 4.70. The zero-order valence-corrected chi connectivity index (χ0v) is 9.89. The van der Waals surface area contributed by atoms with Crippen molar-refractivity contribution in [3.8, 4) is 12.1 Å². The molecule has 1 aromatic carbocycles. The highest BCUT2D eigenvalue weighted by Crippen LogP contribution is 2.29. The Morgan fingerprint density at radius 2 is 2.07 bits per heavy atom. The van der Waals surface area contributed by atoms with Gasteiger partial charge in [-0.15, -0.1) is 11.3 Å². The molecule has 1 heterocycles. The first-order valence-corrected chi connectivity index (χ1v) is 5.73. The lowest BCUT2D eigenvalue weighted by Gasteiger charge is -1.99. The van der Waals surface area contributed by atoms with Crippen LogP contribution in [0.25, 0.3) is 10.1 Å². The van der Waals surface area contributed by atoms with Gasteiger partial charge in [-0.05, 0) is 40.1 Å². The van der Waals surface area contributed by atoms with Crippen molar-refractivity contribution in [2.45, 2.75) is 0 Å². The normalized spacial score (nSPS) is 9.64. The Kier molecular flexibility index (Phi) is 2.40. The molecule has 0 aliphatic rings. The third-order valence-electron chi connectivity index (χ3n) is 1.93. The van der Waals surface area contributed by atoms with E-state index in [1.54, 1.807) is 11.3 Å². The van der Waals surface area contributed by atoms with Crippen LogP contribution in [0, 0.1) is 26.2 Å². The van der Waals surface area contributed by atoms with Crippen LogP contribution in [0.3, 0.4) is 0 Å². The van der Waals surface area contributed by atoms with Crippen LogP contribution in [0.5, 0.6) is 0 Å². The van der Waals surface area contributed by atoms with Gasteiger partial charge in [-0.25, -0.2) is 0 Å². The van der Waals surface area contributed by atoms with E-state index >= 15 is 0 Å². The molecule has 0 fully saturated rings. The Labute approximate surface area is 98.5 Å². The van der Waals surface area contributed by atoms with Crippen LogP contribution in [0.4, 0.5) is 0 Å². The van der Waals surface area contributed by atoms with Crippen molar-refractivity contribution in [2.24, 2.45) is 0 Å². The molecule has 2 aromatic rings. The summed E-state index contributed by atoms with van der Waals surface area (Å²) in [4.78, 5) is 0. The maximum atomic E-state index is 9.00. The second kappa shape index (κ2) is 3.56. The van der Waals surface area contributed by atoms with Crippen LogP contribution in [0.1, 0.15) is 11.1 Å². The summed E-state index contributed by atoms with van der Waals surface area (Å²) in [5, 5.41) is 20.7. The van der Waals surface area contributed by atoms with Crippen LogP contribution >= 0.6 is 33.9 Å². The molecule has 0 saturated heterocycles. The van der Waals surface area contributed by atoms with Crippen molar-refractivity contribution in [3.63, 3.8) is 0 Å². The number of rotatable bonds is 0. The van der Waals surface area contributed by atoms with Crippen LogP contribution in [0.15, 0.2) is 17.5 Å². The predicted octanol–water partition coefficient (Wildman–Crippen LogP) is 3.25. The minimum atomic E-state index is 0.581. The second-order valence-electron chi connectivity index (χ2n) is 2.67. The third-order valence-corrected chi connectivity index (χ3v) is 3.91. The molecule has 0 spiro atoms. The molecule has 14 heavy (non-hydrogen) atoms. The van der Waals surface area contributed by atoms with Crippen LogP contribution < -0.4 is 0 Å². The van der Waals surface area contributed by atoms with E-state index in [-0.39, 0.29) is 0 Å². The first kappa shape index (κ1) is 9.45. The molecule has 0 amide bonds. The maximum Gasteiger partial charge on any atom is 0.101 e. The minimum Gasteiger partial charge on any atom is -0.192 e. The van der Waals surface area contributed by atoms with Gasteiger partial charge in [0.05, 0.1) is 11.1 Å². The Morgan fingerprint density at radius 1 is 1.29 bits per heavy atom. The van der Waals surface area contributed by atoms with E-state index in [9.17, 15) is 0 Å². The van der Waals surface area contributed by atoms with E-state index in [2.05, 4.69) is 12.1 Å². The molecule has 0 atom stereocenters. The fourth-order valence-electron chi connectivity index (χ4n) is 1.28. The Hall–Kier alpha value is -1.11. The van der Waals surface area contributed by atoms with Gasteiger partial charge in [-0.2, -0.15) is 10.5 Å². The van der Waals surface area contributed by atoms with Gasteiger partial charge in [0.25, 0.3) is 0 Å². The van der Waals surface area contributed by atoms with Crippen molar-refractivity contribution in [1.82, 2.24) is 0 Å². The molecule has 0 saturated carbocycles. The molecule has 1 aromatic heterocycles. The highest BCUT2D eigenvalue weighted by Gasteiger charge is 2.11. The van der Waals surface area contributed by atoms with Gasteiger partial charge in [-0.3, -0.25) is 0 Å². The van der Waals surface area contributed by atoms with Crippen LogP contribution in [-0.2, 0) is 0 Å². The number of thiophene rings is 1. The monoisotopic (exact) mass is 310 g/mol. The van der Waals surface area contributed by atoms with Crippen molar-refractivity contribution in [1.29, 1.82) is 10.5 Å². The van der Waals surface area contributed by atoms with Crippen molar-refractivity contribution < 1.29 is 0 Å². The zero-order chi connectivity index (χ0) is 10.1. The summed E-state index contributed by atoms with van der Waals surface area (Å²) in [6, 6.07) is 8.00. The van der Waals surface area contributed by atoms with E-state index in [0.29, 0.717) is 11.1 Å². The number of fused-ring (bicyclic) bond motifs is 1. The molecule has 0 aliphatic heterocycles. The summed E-state index contributed by atoms with van der Waals surface area (Å²) >= 11 is 3.60. The van der Waals surface area contributed by atoms with Crippen molar-refractivity contribution in [2.75, 3.05) is 0 Å². The highest BCUT2D eigenvalue weighted by molar-refractivity contribution is 14.1. The standard InChI is InChI=1S/C10H3IN2S/c11-10-6(4-12)3-9-7(1-2-14-9)8(10)5-13/h1-3H. The number of nitriles is 2. The predicted molar refractivity (Wildman–Crippen MR) is 64.0 cm³/mol. The number of hydrogen-bond acceptors (Lipinski definition) is 3. The molecule has 0 aliphatic carbocycles. The number of nitrogens with zero attached hydrogens (tertiary/aromatic N) is 2. The summed E-state index contributed by atoms with van der Waals surface area (Å²) in [6.45, 7) is 0. The summed E-state index contributed by atoms with van der Waals surface area (Å²) in [6.07, 6.45) is 0. The molecule has 66 valence electrons. The van der Waals surface area contributed by atoms with E-state index in [0.717, 1.165) is 13.7 Å². The highest BCUT2D eigenvalue weighted by atomic mass is 127. The number of benzene rings is 1. The van der Waals surface area contributed by atoms with Gasteiger partial charge in [0, 0.05) is 13.7 Å². The average molecular weight is 310 g/mol. The fourth-order valence-corrected chi connectivity index (χ4v) is 2.80. The summed E-state index contributed by atoms with van der Waals surface area (Å²) in [5.41, 5.74) is 1.19. The topological polar surface area (TPSA) is 47.6 Å². The quantitative estimate of drug-likeness (QED) is 0.701. The summed E-state index contributed by atoms with van der Waals surface area (Å²) in [5.74, 6) is 0. The zero-order valence-electron chi connectivity index (χ0n) is 6.91. The molecule has 0 N–H and O–H groups in total. The van der Waals surface area contributed by atoms with Gasteiger partial charge >= 0.3 is 0 Å². The van der Waals surface area contributed by atoms with E-state index < -0.39 is 0 Å². The minimum absolute atomic E-state index is 0.581. The first-order valence-electron chi connectivity index (χ1n) is 3.78. The Morgan fingerprint density at radius 3 is 2.71 bits per heavy atom. The summed E-state index contributed by atoms with van der Waals surface area (Å²) < 4.78 is 1.75. The van der Waals surface area contributed by atoms with E-state index in [1.165, 1.54) is 0 Å². The molecule has 2 nitrogen and oxygen atoms in total. The number of hydrogen-bond donors (Lipinski definition) is 0. The molecular weight excluding hydrogens is 307 g/mol. The maximum absolute atomic E-state index is 9.00. The van der Waals surface area contributed by atoms with Gasteiger partial charge in [0.1, 0.15) is 12.1 Å². The van der Waals surface area contributed by atoms with Crippen LogP contribution in [0.2, 0.25) is 0 Å². The molecule has 0 radical (unpaired) electrons. The van der Waals surface area contributed by atoms with E-state index in [1.807, 2.05) is 40.1 Å². The molecule has 0 bridgehead atoms.